The topological polar surface area (TPSA) is 13.0 Å². The summed E-state index contributed by atoms with van der Waals surface area (Å²) in [6, 6.07) is 1.25. The molecule has 0 heterocycles. The average molecular weight is 325 g/mol. The van der Waals surface area contributed by atoms with Crippen molar-refractivity contribution in [1.29, 1.82) is 0 Å². The van der Waals surface area contributed by atoms with Crippen LogP contribution in [0, 0.1) is 0 Å². The molecule has 0 amide bonds. The van der Waals surface area contributed by atoms with Crippen molar-refractivity contribution in [2.75, 3.05) is 69.5 Å². The lowest BCUT2D eigenvalue weighted by Gasteiger charge is -2.30. The number of likely N-dealkylation sites (N-methyl/N-ethyl adjacent to an activating group) is 4. The summed E-state index contributed by atoms with van der Waals surface area (Å²) >= 11 is 0. The van der Waals surface area contributed by atoms with E-state index in [2.05, 4.69) is 76.0 Å². The molecule has 0 N–H and O–H groups in total. The van der Waals surface area contributed by atoms with Crippen LogP contribution in [0.3, 0.4) is 0 Å². The molecule has 0 aromatic rings. The van der Waals surface area contributed by atoms with E-state index in [0.29, 0.717) is 12.1 Å². The SMILES string of the molecule is CN(C)C[C@@H](CC1=C(C[C@@H](CN(C)C)N(C)C)CCC1)N(C)C. The lowest BCUT2D eigenvalue weighted by Crippen LogP contribution is -2.38. The van der Waals surface area contributed by atoms with Gasteiger partial charge in [0.2, 0.25) is 0 Å². The molecule has 1 aliphatic rings. The first-order valence-corrected chi connectivity index (χ1v) is 9.02. The highest BCUT2D eigenvalue weighted by Gasteiger charge is 2.23. The zero-order valence-electron chi connectivity index (χ0n) is 16.9. The summed E-state index contributed by atoms with van der Waals surface area (Å²) in [7, 11) is 17.6. The summed E-state index contributed by atoms with van der Waals surface area (Å²) in [6.45, 7) is 2.27. The van der Waals surface area contributed by atoms with Gasteiger partial charge in [-0.25, -0.2) is 0 Å². The van der Waals surface area contributed by atoms with E-state index >= 15 is 0 Å². The van der Waals surface area contributed by atoms with Gasteiger partial charge in [0.25, 0.3) is 0 Å². The molecule has 2 atom stereocenters. The van der Waals surface area contributed by atoms with Gasteiger partial charge in [0, 0.05) is 25.2 Å². The maximum atomic E-state index is 2.40. The van der Waals surface area contributed by atoms with Gasteiger partial charge in [0.05, 0.1) is 0 Å². The third-order valence-electron chi connectivity index (χ3n) is 5.03. The minimum absolute atomic E-state index is 0.625. The lowest BCUT2D eigenvalue weighted by atomic mass is 9.96. The molecule has 0 saturated heterocycles. The highest BCUT2D eigenvalue weighted by atomic mass is 15.2. The minimum Gasteiger partial charge on any atom is -0.308 e. The van der Waals surface area contributed by atoms with Crippen LogP contribution >= 0.6 is 0 Å². The molecule has 23 heavy (non-hydrogen) atoms. The van der Waals surface area contributed by atoms with Gasteiger partial charge in [-0.1, -0.05) is 11.1 Å². The Morgan fingerprint density at radius 3 is 1.26 bits per heavy atom. The lowest BCUT2D eigenvalue weighted by molar-refractivity contribution is 0.221. The molecular formula is C19H40N4. The van der Waals surface area contributed by atoms with Crippen molar-refractivity contribution in [3.8, 4) is 0 Å². The van der Waals surface area contributed by atoms with E-state index in [1.54, 1.807) is 11.1 Å². The van der Waals surface area contributed by atoms with Crippen molar-refractivity contribution in [3.63, 3.8) is 0 Å². The summed E-state index contributed by atoms with van der Waals surface area (Å²) in [5.41, 5.74) is 3.49. The van der Waals surface area contributed by atoms with Crippen LogP contribution in [-0.4, -0.2) is 101 Å². The quantitative estimate of drug-likeness (QED) is 0.571. The second kappa shape index (κ2) is 9.77. The van der Waals surface area contributed by atoms with Gasteiger partial charge in [0.1, 0.15) is 0 Å². The molecule has 0 unspecified atom stereocenters. The molecule has 0 radical (unpaired) electrons. The maximum Gasteiger partial charge on any atom is 0.0254 e. The Kier molecular flexibility index (Phi) is 8.76. The third-order valence-corrected chi connectivity index (χ3v) is 5.03. The Morgan fingerprint density at radius 1 is 0.652 bits per heavy atom. The molecule has 4 nitrogen and oxygen atoms in total. The number of hydrogen-bond donors (Lipinski definition) is 0. The highest BCUT2D eigenvalue weighted by molar-refractivity contribution is 5.22. The normalized spacial score (nSPS) is 18.8. The van der Waals surface area contributed by atoms with Gasteiger partial charge >= 0.3 is 0 Å². The van der Waals surface area contributed by atoms with E-state index in [1.807, 2.05) is 0 Å². The summed E-state index contributed by atoms with van der Waals surface area (Å²) in [5.74, 6) is 0. The largest absolute Gasteiger partial charge is 0.308 e. The Hall–Kier alpha value is -0.420. The van der Waals surface area contributed by atoms with Crippen LogP contribution in [0.15, 0.2) is 11.1 Å². The van der Waals surface area contributed by atoms with Gasteiger partial charge in [-0.05, 0) is 88.5 Å². The van der Waals surface area contributed by atoms with Crippen molar-refractivity contribution >= 4 is 0 Å². The van der Waals surface area contributed by atoms with Crippen molar-refractivity contribution < 1.29 is 0 Å². The molecule has 0 aromatic carbocycles. The molecule has 0 bridgehead atoms. The smallest absolute Gasteiger partial charge is 0.0254 e. The fraction of sp³-hybridized carbons (Fsp3) is 0.895. The third kappa shape index (κ3) is 7.34. The predicted molar refractivity (Wildman–Crippen MR) is 102 cm³/mol. The van der Waals surface area contributed by atoms with Gasteiger partial charge in [-0.3, -0.25) is 0 Å². The zero-order chi connectivity index (χ0) is 17.6. The van der Waals surface area contributed by atoms with Crippen LogP contribution < -0.4 is 0 Å². The monoisotopic (exact) mass is 324 g/mol. The van der Waals surface area contributed by atoms with E-state index in [4.69, 9.17) is 0 Å². The first-order chi connectivity index (χ1) is 10.7. The van der Waals surface area contributed by atoms with Crippen LogP contribution in [0.25, 0.3) is 0 Å². The highest BCUT2D eigenvalue weighted by Crippen LogP contribution is 2.33. The molecule has 0 saturated carbocycles. The van der Waals surface area contributed by atoms with Crippen molar-refractivity contribution in [2.45, 2.75) is 44.2 Å². The van der Waals surface area contributed by atoms with Crippen LogP contribution in [-0.2, 0) is 0 Å². The summed E-state index contributed by atoms with van der Waals surface area (Å²) in [5, 5.41) is 0. The second-order valence-electron chi connectivity index (χ2n) is 8.23. The van der Waals surface area contributed by atoms with Crippen LogP contribution in [0.4, 0.5) is 0 Å². The number of hydrogen-bond acceptors (Lipinski definition) is 4. The van der Waals surface area contributed by atoms with E-state index in [-0.39, 0.29) is 0 Å². The molecule has 0 aromatic heterocycles. The Balaban J connectivity index is 2.79. The molecule has 0 fully saturated rings. The number of rotatable bonds is 10. The fourth-order valence-corrected chi connectivity index (χ4v) is 3.59. The van der Waals surface area contributed by atoms with E-state index in [9.17, 15) is 0 Å². The van der Waals surface area contributed by atoms with Crippen molar-refractivity contribution in [3.05, 3.63) is 11.1 Å². The second-order valence-corrected chi connectivity index (χ2v) is 8.23. The van der Waals surface area contributed by atoms with Crippen LogP contribution in [0.2, 0.25) is 0 Å². The number of nitrogens with zero attached hydrogens (tertiary/aromatic N) is 4. The molecule has 136 valence electrons. The molecule has 1 rings (SSSR count). The molecular weight excluding hydrogens is 284 g/mol. The van der Waals surface area contributed by atoms with Gasteiger partial charge < -0.3 is 19.6 Å². The van der Waals surface area contributed by atoms with Crippen LogP contribution in [0.1, 0.15) is 32.1 Å². The van der Waals surface area contributed by atoms with Gasteiger partial charge in [-0.15, -0.1) is 0 Å². The summed E-state index contributed by atoms with van der Waals surface area (Å²) in [6.07, 6.45) is 6.46. The van der Waals surface area contributed by atoms with Crippen molar-refractivity contribution in [2.24, 2.45) is 0 Å². The Labute approximate surface area is 145 Å². The van der Waals surface area contributed by atoms with Gasteiger partial charge in [0.15, 0.2) is 0 Å². The van der Waals surface area contributed by atoms with Crippen LogP contribution in [0.5, 0.6) is 0 Å². The molecule has 1 aliphatic carbocycles. The predicted octanol–water partition coefficient (Wildman–Crippen LogP) is 2.23. The summed E-state index contributed by atoms with van der Waals surface area (Å²) < 4.78 is 0. The van der Waals surface area contributed by atoms with E-state index in [1.165, 1.54) is 32.1 Å². The minimum atomic E-state index is 0.625. The van der Waals surface area contributed by atoms with E-state index < -0.39 is 0 Å². The van der Waals surface area contributed by atoms with Gasteiger partial charge in [-0.2, -0.15) is 0 Å². The average Bonchev–Trinajstić information content (AvgIpc) is 2.83. The van der Waals surface area contributed by atoms with Crippen molar-refractivity contribution in [1.82, 2.24) is 19.6 Å². The first-order valence-electron chi connectivity index (χ1n) is 9.02. The molecule has 0 aliphatic heterocycles. The summed E-state index contributed by atoms with van der Waals surface area (Å²) in [4.78, 5) is 9.42. The zero-order valence-corrected chi connectivity index (χ0v) is 16.9. The first kappa shape index (κ1) is 20.6. The van der Waals surface area contributed by atoms with E-state index in [0.717, 1.165) is 13.1 Å². The fourth-order valence-electron chi connectivity index (χ4n) is 3.59. The molecule has 4 heteroatoms. The molecule has 0 spiro atoms. The Morgan fingerprint density at radius 2 is 1.00 bits per heavy atom. The Bertz CT molecular complexity index is 338. The maximum absolute atomic E-state index is 2.40. The standard InChI is InChI=1S/C19H40N4/c1-20(2)14-18(22(5)6)12-16-10-9-11-17(16)13-19(23(7)8)15-21(3)4/h18-19H,9-15H2,1-8H3/t18-,19+.